The number of aromatic nitrogens is 4. The maximum Gasteiger partial charge on any atom is 0.390 e. The fourth-order valence-electron chi connectivity index (χ4n) is 4.33. The Kier molecular flexibility index (Phi) is 7.05. The smallest absolute Gasteiger partial charge is 0.390 e. The summed E-state index contributed by atoms with van der Waals surface area (Å²) >= 11 is 0. The molecule has 2 aromatic rings. The predicted molar refractivity (Wildman–Crippen MR) is 117 cm³/mol. The van der Waals surface area contributed by atoms with E-state index in [1.807, 2.05) is 11.8 Å². The third-order valence-electron chi connectivity index (χ3n) is 5.99. The molecule has 0 spiro atoms. The maximum absolute atomic E-state index is 12.3. The largest absolute Gasteiger partial charge is 0.410 e. The molecule has 1 saturated carbocycles. The van der Waals surface area contributed by atoms with Crippen molar-refractivity contribution in [1.82, 2.24) is 24.6 Å². The molecule has 0 aromatic carbocycles. The number of ether oxygens (including phenoxy) is 1. The molecule has 3 N–H and O–H groups in total. The van der Waals surface area contributed by atoms with Gasteiger partial charge in [-0.3, -0.25) is 0 Å². The van der Waals surface area contributed by atoms with Crippen molar-refractivity contribution in [2.24, 2.45) is 0 Å². The van der Waals surface area contributed by atoms with Crippen LogP contribution in [-0.4, -0.2) is 83.3 Å². The zero-order valence-electron chi connectivity index (χ0n) is 18.6. The minimum absolute atomic E-state index is 0.0183. The Morgan fingerprint density at radius 2 is 1.94 bits per heavy atom. The molecule has 0 bridgehead atoms. The van der Waals surface area contributed by atoms with Gasteiger partial charge in [0.15, 0.2) is 11.5 Å². The molecule has 0 amide bonds. The summed E-state index contributed by atoms with van der Waals surface area (Å²) in [6, 6.07) is -0.424. The summed E-state index contributed by atoms with van der Waals surface area (Å²) in [5.74, 6) is -0.123. The van der Waals surface area contributed by atoms with Crippen LogP contribution in [0.1, 0.15) is 39.0 Å². The molecule has 2 aromatic heterocycles. The maximum atomic E-state index is 12.3. The number of fused-ring (bicyclic) bond motifs is 1. The Labute approximate surface area is 194 Å². The number of sulfonamides is 1. The highest BCUT2D eigenvalue weighted by atomic mass is 32.2. The van der Waals surface area contributed by atoms with Crippen LogP contribution in [0.2, 0.25) is 0 Å². The zero-order chi connectivity index (χ0) is 24.5. The van der Waals surface area contributed by atoms with Crippen molar-refractivity contribution < 1.29 is 31.5 Å². The number of rotatable bonds is 7. The average molecular weight is 508 g/mol. The summed E-state index contributed by atoms with van der Waals surface area (Å²) in [6.07, 6.45) is -2.10. The Balaban J connectivity index is 1.33. The quantitative estimate of drug-likeness (QED) is 0.480. The first kappa shape index (κ1) is 24.7. The molecule has 1 saturated heterocycles. The third-order valence-corrected chi connectivity index (χ3v) is 7.42. The molecule has 190 valence electrons. The van der Waals surface area contributed by atoms with Gasteiger partial charge in [0.05, 0.1) is 30.3 Å². The first-order chi connectivity index (χ1) is 16.0. The first-order valence-corrected chi connectivity index (χ1v) is 12.8. The number of nitrogens with one attached hydrogen (secondary N) is 2. The second-order valence-electron chi connectivity index (χ2n) is 8.77. The van der Waals surface area contributed by atoms with Crippen molar-refractivity contribution >= 4 is 32.8 Å². The molecular weight excluding hydrogens is 479 g/mol. The minimum atomic E-state index is -4.51. The van der Waals surface area contributed by atoms with Crippen molar-refractivity contribution in [2.75, 3.05) is 35.7 Å². The van der Waals surface area contributed by atoms with E-state index in [4.69, 9.17) is 4.74 Å². The van der Waals surface area contributed by atoms with E-state index in [1.165, 1.54) is 0 Å². The van der Waals surface area contributed by atoms with Gasteiger partial charge in [-0.2, -0.15) is 18.2 Å². The summed E-state index contributed by atoms with van der Waals surface area (Å²) in [6.45, 7) is 3.70. The average Bonchev–Trinajstić information content (AvgIpc) is 3.08. The van der Waals surface area contributed by atoms with Crippen LogP contribution in [0.3, 0.4) is 0 Å². The number of anilines is 2. The molecule has 1 aliphatic heterocycles. The molecule has 1 atom stereocenters. The van der Waals surface area contributed by atoms with E-state index in [9.17, 15) is 26.8 Å². The van der Waals surface area contributed by atoms with E-state index in [1.54, 1.807) is 6.20 Å². The predicted octanol–water partition coefficient (Wildman–Crippen LogP) is 1.88. The number of morpholine rings is 1. The number of hydrogen-bond donors (Lipinski definition) is 3. The van der Waals surface area contributed by atoms with E-state index in [0.29, 0.717) is 68.2 Å². The molecule has 3 heterocycles. The van der Waals surface area contributed by atoms with Crippen molar-refractivity contribution in [2.45, 2.75) is 63.4 Å². The van der Waals surface area contributed by atoms with Gasteiger partial charge >= 0.3 is 6.18 Å². The van der Waals surface area contributed by atoms with Gasteiger partial charge in [0.2, 0.25) is 16.0 Å². The van der Waals surface area contributed by atoms with Crippen LogP contribution in [0.15, 0.2) is 6.20 Å². The second kappa shape index (κ2) is 9.70. The Bertz CT molecular complexity index is 1100. The molecule has 0 unspecified atom stereocenters. The van der Waals surface area contributed by atoms with Crippen LogP contribution in [0, 0.1) is 0 Å². The molecule has 4 rings (SSSR count). The van der Waals surface area contributed by atoms with Gasteiger partial charge in [0, 0.05) is 31.4 Å². The molecule has 34 heavy (non-hydrogen) atoms. The molecule has 1 aliphatic carbocycles. The van der Waals surface area contributed by atoms with Crippen molar-refractivity contribution in [3.8, 4) is 0 Å². The zero-order valence-corrected chi connectivity index (χ0v) is 19.4. The van der Waals surface area contributed by atoms with Crippen LogP contribution in [0.4, 0.5) is 24.9 Å². The molecule has 15 heteroatoms. The van der Waals surface area contributed by atoms with Gasteiger partial charge in [-0.15, -0.1) is 5.10 Å². The Morgan fingerprint density at radius 1 is 1.24 bits per heavy atom. The van der Waals surface area contributed by atoms with E-state index in [2.05, 4.69) is 25.1 Å². The van der Waals surface area contributed by atoms with Crippen molar-refractivity contribution in [1.29, 1.82) is 0 Å². The fraction of sp³-hybridized carbons (Fsp3) is 0.737. The van der Waals surface area contributed by atoms with E-state index < -0.39 is 34.4 Å². The number of nitrogens with zero attached hydrogens (tertiary/aromatic N) is 5. The monoisotopic (exact) mass is 507 g/mol. The van der Waals surface area contributed by atoms with Crippen LogP contribution in [0.25, 0.3) is 11.0 Å². The SMILES string of the molecule is C[C@H]1CN(c2c3cnc(N[C@H]4CC[C@H](NS(=O)(=O)CCC(F)(F)F)CC4)nc3nn2O)CCO1. The van der Waals surface area contributed by atoms with Gasteiger partial charge in [0.1, 0.15) is 0 Å². The molecular formula is C19H28F3N7O4S. The Hall–Kier alpha value is -2.39. The van der Waals surface area contributed by atoms with Crippen LogP contribution in [-0.2, 0) is 14.8 Å². The van der Waals surface area contributed by atoms with Crippen LogP contribution < -0.4 is 14.9 Å². The minimum Gasteiger partial charge on any atom is -0.410 e. The highest BCUT2D eigenvalue weighted by Gasteiger charge is 2.32. The van der Waals surface area contributed by atoms with E-state index >= 15 is 0 Å². The van der Waals surface area contributed by atoms with Crippen molar-refractivity contribution in [3.05, 3.63) is 6.20 Å². The van der Waals surface area contributed by atoms with Gasteiger partial charge in [-0.05, 0) is 32.6 Å². The van der Waals surface area contributed by atoms with Gasteiger partial charge in [0.25, 0.3) is 0 Å². The summed E-state index contributed by atoms with van der Waals surface area (Å²) in [5.41, 5.74) is 0.334. The highest BCUT2D eigenvalue weighted by Crippen LogP contribution is 2.28. The summed E-state index contributed by atoms with van der Waals surface area (Å²) in [7, 11) is -3.99. The molecule has 2 fully saturated rings. The lowest BCUT2D eigenvalue weighted by atomic mass is 9.92. The first-order valence-electron chi connectivity index (χ1n) is 11.1. The lowest BCUT2D eigenvalue weighted by Gasteiger charge is -2.32. The topological polar surface area (TPSA) is 135 Å². The summed E-state index contributed by atoms with van der Waals surface area (Å²) < 4.78 is 68.7. The normalized spacial score (nSPS) is 24.5. The lowest BCUT2D eigenvalue weighted by Crippen LogP contribution is -2.42. The fourth-order valence-corrected chi connectivity index (χ4v) is 5.69. The lowest BCUT2D eigenvalue weighted by molar-refractivity contribution is -0.130. The van der Waals surface area contributed by atoms with Gasteiger partial charge in [-0.1, -0.05) is 4.85 Å². The second-order valence-corrected chi connectivity index (χ2v) is 10.6. The number of halogens is 3. The van der Waals surface area contributed by atoms with E-state index in [-0.39, 0.29) is 12.1 Å². The van der Waals surface area contributed by atoms with E-state index in [0.717, 1.165) is 4.85 Å². The molecule has 2 aliphatic rings. The summed E-state index contributed by atoms with van der Waals surface area (Å²) in [4.78, 5) is 11.5. The third kappa shape index (κ3) is 6.18. The molecule has 11 nitrogen and oxygen atoms in total. The standard InChI is InChI=1S/C19H28F3N7O4S/c1-12-11-28(7-8-33-12)17-15-10-23-18(25-16(15)26-29(17)30)24-13-2-4-14(5-3-13)27-34(31,32)9-6-19(20,21)22/h10,12-14,27,30H,2-9,11H2,1H3,(H,24,25,26)/t12-,13-,14-/m0/s1. The number of alkyl halides is 3. The van der Waals surface area contributed by atoms with Gasteiger partial charge < -0.3 is 20.2 Å². The van der Waals surface area contributed by atoms with Crippen LogP contribution in [0.5, 0.6) is 0 Å². The summed E-state index contributed by atoms with van der Waals surface area (Å²) in [5, 5.41) is 18.2. The van der Waals surface area contributed by atoms with Crippen molar-refractivity contribution in [3.63, 3.8) is 0 Å². The van der Waals surface area contributed by atoms with Gasteiger partial charge in [-0.25, -0.2) is 18.1 Å². The number of hydrogen-bond acceptors (Lipinski definition) is 9. The Morgan fingerprint density at radius 3 is 2.62 bits per heavy atom. The molecule has 0 radical (unpaired) electrons. The van der Waals surface area contributed by atoms with Crippen LogP contribution >= 0.6 is 0 Å². The highest BCUT2D eigenvalue weighted by molar-refractivity contribution is 7.89.